The molecule has 0 saturated heterocycles. The van der Waals surface area contributed by atoms with Gasteiger partial charge in [0.25, 0.3) is 0 Å². The third-order valence-electron chi connectivity index (χ3n) is 3.74. The molecule has 0 aliphatic heterocycles. The second kappa shape index (κ2) is 4.36. The highest BCUT2D eigenvalue weighted by Gasteiger charge is 2.24. The predicted octanol–water partition coefficient (Wildman–Crippen LogP) is 3.37. The predicted molar refractivity (Wildman–Crippen MR) is 85.3 cm³/mol. The molecule has 0 amide bonds. The normalized spacial score (nSPS) is 12.3. The first-order valence-electron chi connectivity index (χ1n) is 6.81. The summed E-state index contributed by atoms with van der Waals surface area (Å²) in [6, 6.07) is 6.56. The zero-order chi connectivity index (χ0) is 14.6. The standard InChI is InChI=1S/C16H14N4S/c1-8-3-4-10-6-13-14(11(10)5-8)20-16(21-13)12-7-18-9(2)19-15(12)17/h3-5,7H,6H2,1-2H3,(H2,17,18,19). The van der Waals surface area contributed by atoms with Crippen molar-refractivity contribution >= 4 is 17.2 Å². The minimum Gasteiger partial charge on any atom is -0.383 e. The van der Waals surface area contributed by atoms with Gasteiger partial charge in [0.2, 0.25) is 0 Å². The number of aromatic nitrogens is 3. The minimum absolute atomic E-state index is 0.499. The van der Waals surface area contributed by atoms with Crippen LogP contribution in [0.4, 0.5) is 5.82 Å². The highest BCUT2D eigenvalue weighted by Crippen LogP contribution is 2.43. The van der Waals surface area contributed by atoms with E-state index >= 15 is 0 Å². The first-order valence-corrected chi connectivity index (χ1v) is 7.62. The maximum atomic E-state index is 6.01. The molecule has 0 atom stereocenters. The zero-order valence-corrected chi connectivity index (χ0v) is 12.7. The smallest absolute Gasteiger partial charge is 0.137 e. The van der Waals surface area contributed by atoms with Crippen LogP contribution in [0.1, 0.15) is 21.8 Å². The Balaban J connectivity index is 1.85. The van der Waals surface area contributed by atoms with E-state index in [4.69, 9.17) is 10.7 Å². The van der Waals surface area contributed by atoms with Crippen LogP contribution in [0.15, 0.2) is 24.4 Å². The van der Waals surface area contributed by atoms with Gasteiger partial charge >= 0.3 is 0 Å². The molecule has 0 bridgehead atoms. The van der Waals surface area contributed by atoms with Crippen LogP contribution in [0, 0.1) is 13.8 Å². The fourth-order valence-corrected chi connectivity index (χ4v) is 3.80. The molecule has 1 aliphatic carbocycles. The molecule has 4 rings (SSSR count). The van der Waals surface area contributed by atoms with Gasteiger partial charge in [0, 0.05) is 23.1 Å². The Kier molecular flexibility index (Phi) is 2.59. The maximum absolute atomic E-state index is 6.01. The lowest BCUT2D eigenvalue weighted by atomic mass is 10.1. The van der Waals surface area contributed by atoms with Gasteiger partial charge in [0.1, 0.15) is 16.6 Å². The van der Waals surface area contributed by atoms with Crippen molar-refractivity contribution in [2.75, 3.05) is 5.73 Å². The van der Waals surface area contributed by atoms with Crippen LogP contribution >= 0.6 is 11.3 Å². The maximum Gasteiger partial charge on any atom is 0.137 e. The summed E-state index contributed by atoms with van der Waals surface area (Å²) in [7, 11) is 0. The van der Waals surface area contributed by atoms with Gasteiger partial charge in [-0.3, -0.25) is 0 Å². The number of benzene rings is 1. The number of thiazole rings is 1. The summed E-state index contributed by atoms with van der Waals surface area (Å²) in [5.41, 5.74) is 11.8. The molecule has 0 saturated carbocycles. The largest absolute Gasteiger partial charge is 0.383 e. The fraction of sp³-hybridized carbons (Fsp3) is 0.188. The summed E-state index contributed by atoms with van der Waals surface area (Å²) in [4.78, 5) is 14.5. The van der Waals surface area contributed by atoms with Crippen LogP contribution < -0.4 is 5.73 Å². The fourth-order valence-electron chi connectivity index (χ4n) is 2.69. The van der Waals surface area contributed by atoms with E-state index < -0.39 is 0 Å². The van der Waals surface area contributed by atoms with Crippen LogP contribution in [-0.2, 0) is 6.42 Å². The summed E-state index contributed by atoms with van der Waals surface area (Å²) < 4.78 is 0. The molecule has 3 aromatic rings. The number of anilines is 1. The van der Waals surface area contributed by atoms with Crippen molar-refractivity contribution in [2.45, 2.75) is 20.3 Å². The van der Waals surface area contributed by atoms with Crippen LogP contribution in [0.2, 0.25) is 0 Å². The number of hydrogen-bond acceptors (Lipinski definition) is 5. The zero-order valence-electron chi connectivity index (χ0n) is 11.8. The van der Waals surface area contributed by atoms with Crippen molar-refractivity contribution in [1.82, 2.24) is 15.0 Å². The van der Waals surface area contributed by atoms with Gasteiger partial charge in [0.05, 0.1) is 11.3 Å². The molecule has 21 heavy (non-hydrogen) atoms. The molecule has 1 aliphatic rings. The van der Waals surface area contributed by atoms with Crippen molar-refractivity contribution in [3.8, 4) is 21.8 Å². The molecule has 5 heteroatoms. The van der Waals surface area contributed by atoms with E-state index in [9.17, 15) is 0 Å². The number of rotatable bonds is 1. The lowest BCUT2D eigenvalue weighted by Crippen LogP contribution is -1.98. The first kappa shape index (κ1) is 12.5. The average molecular weight is 294 g/mol. The van der Waals surface area contributed by atoms with Crippen LogP contribution in [0.25, 0.3) is 21.8 Å². The topological polar surface area (TPSA) is 64.7 Å². The lowest BCUT2D eigenvalue weighted by molar-refractivity contribution is 1.06. The second-order valence-corrected chi connectivity index (χ2v) is 6.43. The van der Waals surface area contributed by atoms with E-state index in [0.29, 0.717) is 11.6 Å². The Morgan fingerprint density at radius 1 is 1.14 bits per heavy atom. The van der Waals surface area contributed by atoms with Gasteiger partial charge < -0.3 is 5.73 Å². The monoisotopic (exact) mass is 294 g/mol. The highest BCUT2D eigenvalue weighted by molar-refractivity contribution is 7.15. The number of fused-ring (bicyclic) bond motifs is 3. The Morgan fingerprint density at radius 2 is 2.00 bits per heavy atom. The van der Waals surface area contributed by atoms with E-state index in [0.717, 1.165) is 22.7 Å². The van der Waals surface area contributed by atoms with Gasteiger partial charge in [-0.05, 0) is 25.5 Å². The molecule has 2 N–H and O–H groups in total. The van der Waals surface area contributed by atoms with Crippen molar-refractivity contribution in [3.63, 3.8) is 0 Å². The van der Waals surface area contributed by atoms with Gasteiger partial charge in [-0.25, -0.2) is 15.0 Å². The van der Waals surface area contributed by atoms with Gasteiger partial charge in [0.15, 0.2) is 0 Å². The third kappa shape index (κ3) is 1.93. The summed E-state index contributed by atoms with van der Waals surface area (Å²) in [6.07, 6.45) is 2.72. The summed E-state index contributed by atoms with van der Waals surface area (Å²) in [5, 5.41) is 0.907. The molecule has 0 unspecified atom stereocenters. The van der Waals surface area contributed by atoms with Crippen molar-refractivity contribution in [3.05, 3.63) is 46.2 Å². The van der Waals surface area contributed by atoms with Crippen molar-refractivity contribution in [1.29, 1.82) is 0 Å². The Morgan fingerprint density at radius 3 is 2.81 bits per heavy atom. The molecular formula is C16H14N4S. The molecule has 2 aromatic heterocycles. The average Bonchev–Trinajstić information content (AvgIpc) is 2.96. The molecule has 0 spiro atoms. The van der Waals surface area contributed by atoms with Crippen molar-refractivity contribution < 1.29 is 0 Å². The van der Waals surface area contributed by atoms with E-state index in [1.165, 1.54) is 21.6 Å². The van der Waals surface area contributed by atoms with Gasteiger partial charge in [-0.2, -0.15) is 0 Å². The molecule has 104 valence electrons. The molecule has 4 nitrogen and oxygen atoms in total. The molecule has 2 heterocycles. The second-order valence-electron chi connectivity index (χ2n) is 5.34. The summed E-state index contributed by atoms with van der Waals surface area (Å²) in [6.45, 7) is 3.94. The van der Waals surface area contributed by atoms with Crippen LogP contribution in [0.3, 0.4) is 0 Å². The molecule has 0 radical (unpaired) electrons. The number of hydrogen-bond donors (Lipinski definition) is 1. The number of nitrogen functional groups attached to an aromatic ring is 1. The molecule has 0 fully saturated rings. The number of nitrogens with zero attached hydrogens (tertiary/aromatic N) is 3. The van der Waals surface area contributed by atoms with E-state index in [1.807, 2.05) is 6.92 Å². The first-order chi connectivity index (χ1) is 10.1. The van der Waals surface area contributed by atoms with Gasteiger partial charge in [-0.1, -0.05) is 17.7 Å². The van der Waals surface area contributed by atoms with Crippen LogP contribution in [-0.4, -0.2) is 15.0 Å². The Hall–Kier alpha value is -2.27. The summed E-state index contributed by atoms with van der Waals surface area (Å²) in [5.74, 6) is 1.18. The molecular weight excluding hydrogens is 280 g/mol. The van der Waals surface area contributed by atoms with E-state index in [-0.39, 0.29) is 0 Å². The minimum atomic E-state index is 0.499. The number of aryl methyl sites for hydroxylation is 2. The highest BCUT2D eigenvalue weighted by atomic mass is 32.1. The Bertz CT molecular complexity index is 867. The Labute approximate surface area is 126 Å². The SMILES string of the molecule is Cc1ccc2c(c1)-c1nc(-c3cnc(C)nc3N)sc1C2. The van der Waals surface area contributed by atoms with Crippen molar-refractivity contribution in [2.24, 2.45) is 0 Å². The van der Waals surface area contributed by atoms with E-state index in [2.05, 4.69) is 35.1 Å². The molecule has 1 aromatic carbocycles. The third-order valence-corrected chi connectivity index (χ3v) is 4.83. The van der Waals surface area contributed by atoms with Gasteiger partial charge in [-0.15, -0.1) is 11.3 Å². The summed E-state index contributed by atoms with van der Waals surface area (Å²) >= 11 is 1.69. The van der Waals surface area contributed by atoms with Crippen LogP contribution in [0.5, 0.6) is 0 Å². The van der Waals surface area contributed by atoms with E-state index in [1.54, 1.807) is 17.5 Å². The quantitative estimate of drug-likeness (QED) is 0.584. The lowest BCUT2D eigenvalue weighted by Gasteiger charge is -2.03. The number of nitrogens with two attached hydrogens (primary N) is 1.